The van der Waals surface area contributed by atoms with E-state index in [2.05, 4.69) is 22.8 Å². The molecule has 0 aromatic heterocycles. The fourth-order valence-electron chi connectivity index (χ4n) is 6.34. The largest absolute Gasteiger partial charge is 0.514 e. The lowest BCUT2D eigenvalue weighted by molar-refractivity contribution is -0.384. The lowest BCUT2D eigenvalue weighted by atomic mass is 9.98. The second kappa shape index (κ2) is 18.0. The van der Waals surface area contributed by atoms with E-state index in [1.807, 2.05) is 36.4 Å². The summed E-state index contributed by atoms with van der Waals surface area (Å²) in [6, 6.07) is 25.7. The number of esters is 1. The van der Waals surface area contributed by atoms with Gasteiger partial charge in [-0.2, -0.15) is 0 Å². The van der Waals surface area contributed by atoms with Gasteiger partial charge in [0.2, 0.25) is 5.91 Å². The number of nitrogens with zero attached hydrogens (tertiary/aromatic N) is 1. The summed E-state index contributed by atoms with van der Waals surface area (Å²) in [5.74, 6) is -0.645. The van der Waals surface area contributed by atoms with Gasteiger partial charge < -0.3 is 39.1 Å². The Morgan fingerprint density at radius 3 is 2.25 bits per heavy atom. The Balaban J connectivity index is 1.04. The zero-order chi connectivity index (χ0) is 38.7. The van der Waals surface area contributed by atoms with Gasteiger partial charge >= 0.3 is 18.2 Å². The van der Waals surface area contributed by atoms with Crippen LogP contribution in [0.2, 0.25) is 0 Å². The predicted octanol–water partition coefficient (Wildman–Crippen LogP) is 7.01. The van der Waals surface area contributed by atoms with Gasteiger partial charge in [-0.15, -0.1) is 0 Å². The van der Waals surface area contributed by atoms with E-state index < -0.39 is 35.3 Å². The molecule has 1 heterocycles. The van der Waals surface area contributed by atoms with Crippen molar-refractivity contribution in [2.45, 2.75) is 57.5 Å². The summed E-state index contributed by atoms with van der Waals surface area (Å²) in [4.78, 5) is 59.8. The molecule has 0 spiro atoms. The summed E-state index contributed by atoms with van der Waals surface area (Å²) in [6.45, 7) is 1.28. The van der Waals surface area contributed by atoms with Gasteiger partial charge in [0.05, 0.1) is 16.7 Å². The second-order valence-electron chi connectivity index (χ2n) is 12.8. The van der Waals surface area contributed by atoms with Crippen LogP contribution in [0.3, 0.4) is 0 Å². The fourth-order valence-corrected chi connectivity index (χ4v) is 6.34. The van der Waals surface area contributed by atoms with Crippen LogP contribution < -0.4 is 20.1 Å². The van der Waals surface area contributed by atoms with Gasteiger partial charge in [-0.3, -0.25) is 19.7 Å². The minimum Gasteiger partial charge on any atom is -0.463 e. The van der Waals surface area contributed by atoms with Gasteiger partial charge in [0.25, 0.3) is 5.69 Å². The molecule has 2 N–H and O–H groups in total. The number of nitrogens with one attached hydrogen (secondary N) is 2. The van der Waals surface area contributed by atoms with E-state index in [0.717, 1.165) is 28.7 Å². The van der Waals surface area contributed by atoms with Crippen molar-refractivity contribution in [1.29, 1.82) is 0 Å². The molecule has 15 heteroatoms. The Kier molecular flexibility index (Phi) is 12.5. The van der Waals surface area contributed by atoms with Crippen molar-refractivity contribution in [2.24, 2.45) is 0 Å². The van der Waals surface area contributed by atoms with Crippen LogP contribution in [-0.2, 0) is 35.1 Å². The molecule has 0 radical (unpaired) electrons. The topological polar surface area (TPSA) is 191 Å². The predicted molar refractivity (Wildman–Crippen MR) is 196 cm³/mol. The number of carbonyl (C=O) groups is 4. The highest BCUT2D eigenvalue weighted by atomic mass is 16.7. The molecule has 2 atom stereocenters. The Morgan fingerprint density at radius 2 is 1.56 bits per heavy atom. The Labute approximate surface area is 316 Å². The smallest absolute Gasteiger partial charge is 0.463 e. The number of nitro groups is 1. The second-order valence-corrected chi connectivity index (χ2v) is 12.8. The number of fused-ring (bicyclic) bond motifs is 3. The molecule has 4 aromatic carbocycles. The van der Waals surface area contributed by atoms with Crippen molar-refractivity contribution in [3.8, 4) is 22.6 Å². The molecular weight excluding hydrogens is 714 g/mol. The number of non-ortho nitro benzene ring substituents is 1. The van der Waals surface area contributed by atoms with Crippen LogP contribution in [0, 0.1) is 10.1 Å². The number of ether oxygens (including phenoxy) is 6. The number of benzene rings is 4. The average molecular weight is 754 g/mol. The van der Waals surface area contributed by atoms with Crippen LogP contribution in [0.15, 0.2) is 91.0 Å². The SMILES string of the molecule is CC(=O)OC[C@H]1CCC[C@H](Oc2ccc(COC(=O)Oc3ccc([N+](=O)[O-])cc3)cc2NC(=O)CCNC(=O)OCC2c3ccccc3-c3ccccc32)O1. The van der Waals surface area contributed by atoms with E-state index in [-0.39, 0.29) is 67.7 Å². The van der Waals surface area contributed by atoms with Gasteiger partial charge in [-0.25, -0.2) is 9.59 Å². The van der Waals surface area contributed by atoms with Gasteiger partial charge in [-0.05, 0) is 64.9 Å². The first-order chi connectivity index (χ1) is 26.6. The molecule has 1 aliphatic heterocycles. The maximum absolute atomic E-state index is 13.1. The van der Waals surface area contributed by atoms with Crippen LogP contribution >= 0.6 is 0 Å². The monoisotopic (exact) mass is 753 g/mol. The van der Waals surface area contributed by atoms with Gasteiger partial charge in [0.1, 0.15) is 31.3 Å². The standard InChI is InChI=1S/C40H39N3O12/c1-25(44)50-23-29-7-6-12-38(53-29)55-36-18-13-26(22-52-40(47)54-28-16-14-27(15-17-28)43(48)49)21-35(36)42-37(45)19-20-41-39(46)51-24-34-32-10-4-2-8-30(32)31-9-3-5-11-33(31)34/h2-5,8-11,13-18,21,29,34,38H,6-7,12,19-20,22-24H2,1H3,(H,41,46)(H,42,45)/t29-,38+/m1/s1. The van der Waals surface area contributed by atoms with Gasteiger partial charge in [-0.1, -0.05) is 54.6 Å². The molecule has 55 heavy (non-hydrogen) atoms. The number of hydrogen-bond acceptors (Lipinski definition) is 12. The molecule has 0 saturated carbocycles. The van der Waals surface area contributed by atoms with E-state index in [1.54, 1.807) is 18.2 Å². The Hall–Kier alpha value is -6.48. The van der Waals surface area contributed by atoms with Crippen molar-refractivity contribution >= 4 is 35.5 Å². The molecule has 1 saturated heterocycles. The maximum Gasteiger partial charge on any atom is 0.514 e. The molecule has 6 rings (SSSR count). The third-order valence-electron chi connectivity index (χ3n) is 8.93. The van der Waals surface area contributed by atoms with E-state index in [0.29, 0.717) is 18.4 Å². The van der Waals surface area contributed by atoms with E-state index in [4.69, 9.17) is 28.4 Å². The molecular formula is C40H39N3O12. The molecule has 286 valence electrons. The van der Waals surface area contributed by atoms with E-state index in [1.165, 1.54) is 31.2 Å². The van der Waals surface area contributed by atoms with Gasteiger partial charge in [0.15, 0.2) is 6.29 Å². The van der Waals surface area contributed by atoms with E-state index in [9.17, 15) is 29.3 Å². The molecule has 1 fully saturated rings. The summed E-state index contributed by atoms with van der Waals surface area (Å²) < 4.78 is 33.1. The molecule has 2 aliphatic rings. The first kappa shape index (κ1) is 38.3. The van der Waals surface area contributed by atoms with Crippen molar-refractivity contribution in [2.75, 3.05) is 25.1 Å². The molecule has 0 unspecified atom stereocenters. The molecule has 1 aliphatic carbocycles. The van der Waals surface area contributed by atoms with Crippen LogP contribution in [0.25, 0.3) is 11.1 Å². The van der Waals surface area contributed by atoms with Crippen LogP contribution in [0.4, 0.5) is 21.0 Å². The Bertz CT molecular complexity index is 1990. The first-order valence-electron chi connectivity index (χ1n) is 17.7. The highest BCUT2D eigenvalue weighted by molar-refractivity contribution is 5.92. The van der Waals surface area contributed by atoms with Crippen LogP contribution in [0.5, 0.6) is 11.5 Å². The molecule has 15 nitrogen and oxygen atoms in total. The minimum atomic E-state index is -1.05. The van der Waals surface area contributed by atoms with Crippen molar-refractivity contribution in [3.05, 3.63) is 118 Å². The third kappa shape index (κ3) is 10.4. The number of amides is 2. The summed E-state index contributed by atoms with van der Waals surface area (Å²) in [5, 5.41) is 16.3. The zero-order valence-corrected chi connectivity index (χ0v) is 29.9. The number of carbonyl (C=O) groups excluding carboxylic acids is 4. The lowest BCUT2D eigenvalue weighted by Crippen LogP contribution is -2.35. The maximum atomic E-state index is 13.1. The fraction of sp³-hybridized carbons (Fsp3) is 0.300. The Morgan fingerprint density at radius 1 is 0.855 bits per heavy atom. The number of alkyl carbamates (subject to hydrolysis) is 1. The van der Waals surface area contributed by atoms with Crippen LogP contribution in [-0.4, -0.2) is 61.2 Å². The normalized spacial score (nSPS) is 15.8. The van der Waals surface area contributed by atoms with Crippen molar-refractivity contribution in [1.82, 2.24) is 5.32 Å². The van der Waals surface area contributed by atoms with E-state index >= 15 is 0 Å². The number of hydrogen-bond donors (Lipinski definition) is 2. The summed E-state index contributed by atoms with van der Waals surface area (Å²) in [5.41, 5.74) is 4.95. The summed E-state index contributed by atoms with van der Waals surface area (Å²) >= 11 is 0. The first-order valence-corrected chi connectivity index (χ1v) is 17.7. The summed E-state index contributed by atoms with van der Waals surface area (Å²) in [6.07, 6.45) is -0.880. The molecule has 4 aromatic rings. The highest BCUT2D eigenvalue weighted by Crippen LogP contribution is 2.44. The molecule has 2 amide bonds. The van der Waals surface area contributed by atoms with Crippen LogP contribution in [0.1, 0.15) is 55.2 Å². The zero-order valence-electron chi connectivity index (χ0n) is 29.9. The van der Waals surface area contributed by atoms with Crippen molar-refractivity contribution < 1.29 is 52.5 Å². The lowest BCUT2D eigenvalue weighted by Gasteiger charge is -2.30. The number of rotatable bonds is 14. The van der Waals surface area contributed by atoms with Crippen molar-refractivity contribution in [3.63, 3.8) is 0 Å². The average Bonchev–Trinajstić information content (AvgIpc) is 3.50. The minimum absolute atomic E-state index is 0.0143. The number of anilines is 1. The van der Waals surface area contributed by atoms with Gasteiger partial charge in [0, 0.05) is 44.4 Å². The third-order valence-corrected chi connectivity index (χ3v) is 8.93. The highest BCUT2D eigenvalue weighted by Gasteiger charge is 2.29. The quantitative estimate of drug-likeness (QED) is 0.0441. The molecule has 0 bridgehead atoms. The number of nitro benzene ring substituents is 1. The summed E-state index contributed by atoms with van der Waals surface area (Å²) in [7, 11) is 0.